The first kappa shape index (κ1) is 18.5. The summed E-state index contributed by atoms with van der Waals surface area (Å²) in [5.41, 5.74) is 7.98. The van der Waals surface area contributed by atoms with Crippen LogP contribution in [0.15, 0.2) is 24.3 Å². The first-order valence-electron chi connectivity index (χ1n) is 8.74. The quantitative estimate of drug-likeness (QED) is 0.868. The van der Waals surface area contributed by atoms with Crippen molar-refractivity contribution in [2.24, 2.45) is 11.7 Å². The van der Waals surface area contributed by atoms with E-state index in [2.05, 4.69) is 12.2 Å². The van der Waals surface area contributed by atoms with Crippen LogP contribution in [0.4, 0.5) is 0 Å². The van der Waals surface area contributed by atoms with E-state index < -0.39 is 0 Å². The van der Waals surface area contributed by atoms with Gasteiger partial charge in [-0.25, -0.2) is 0 Å². The third-order valence-electron chi connectivity index (χ3n) is 4.81. The summed E-state index contributed by atoms with van der Waals surface area (Å²) < 4.78 is 0. The van der Waals surface area contributed by atoms with Crippen molar-refractivity contribution in [2.45, 2.75) is 52.1 Å². The SMILES string of the molecule is CC(=O)NC(CC(=O)N1CCC(C)CC1CN)c1ccc(C)cc1. The highest BCUT2D eigenvalue weighted by atomic mass is 16.2. The highest BCUT2D eigenvalue weighted by Crippen LogP contribution is 2.25. The number of hydrogen-bond acceptors (Lipinski definition) is 3. The molecule has 1 aromatic carbocycles. The van der Waals surface area contributed by atoms with E-state index in [-0.39, 0.29) is 30.3 Å². The van der Waals surface area contributed by atoms with Gasteiger partial charge >= 0.3 is 0 Å². The third-order valence-corrected chi connectivity index (χ3v) is 4.81. The minimum atomic E-state index is -0.298. The smallest absolute Gasteiger partial charge is 0.225 e. The first-order valence-corrected chi connectivity index (χ1v) is 8.74. The Bertz CT molecular complexity index is 570. The van der Waals surface area contributed by atoms with Gasteiger partial charge in [-0.15, -0.1) is 0 Å². The molecule has 1 saturated heterocycles. The van der Waals surface area contributed by atoms with Gasteiger partial charge in [-0.2, -0.15) is 0 Å². The van der Waals surface area contributed by atoms with Crippen LogP contribution in [0.3, 0.4) is 0 Å². The zero-order chi connectivity index (χ0) is 17.7. The van der Waals surface area contributed by atoms with Gasteiger partial charge in [0.2, 0.25) is 11.8 Å². The zero-order valence-electron chi connectivity index (χ0n) is 14.9. The van der Waals surface area contributed by atoms with E-state index in [1.807, 2.05) is 36.1 Å². The number of amides is 2. The van der Waals surface area contributed by atoms with Gasteiger partial charge in [0, 0.05) is 26.1 Å². The number of aryl methyl sites for hydroxylation is 1. The minimum Gasteiger partial charge on any atom is -0.349 e. The van der Waals surface area contributed by atoms with Crippen LogP contribution in [-0.4, -0.2) is 35.8 Å². The summed E-state index contributed by atoms with van der Waals surface area (Å²) in [6.07, 6.45) is 2.24. The molecule has 1 heterocycles. The molecule has 3 unspecified atom stereocenters. The molecule has 0 radical (unpaired) electrons. The van der Waals surface area contributed by atoms with Gasteiger partial charge in [-0.3, -0.25) is 9.59 Å². The number of nitrogens with one attached hydrogen (secondary N) is 1. The molecule has 0 bridgehead atoms. The number of hydrogen-bond donors (Lipinski definition) is 2. The minimum absolute atomic E-state index is 0.0664. The fourth-order valence-electron chi connectivity index (χ4n) is 3.39. The second kappa shape index (κ2) is 8.29. The predicted molar refractivity (Wildman–Crippen MR) is 95.3 cm³/mol. The molecule has 3 atom stereocenters. The average Bonchev–Trinajstić information content (AvgIpc) is 2.54. The predicted octanol–water partition coefficient (Wildman–Crippen LogP) is 2.15. The van der Waals surface area contributed by atoms with Crippen LogP contribution < -0.4 is 11.1 Å². The van der Waals surface area contributed by atoms with Crippen molar-refractivity contribution in [1.29, 1.82) is 0 Å². The number of nitrogens with zero attached hydrogens (tertiary/aromatic N) is 1. The molecule has 2 amide bonds. The Hall–Kier alpha value is -1.88. The summed E-state index contributed by atoms with van der Waals surface area (Å²) >= 11 is 0. The molecular weight excluding hydrogens is 302 g/mol. The monoisotopic (exact) mass is 331 g/mol. The number of benzene rings is 1. The number of nitrogens with two attached hydrogens (primary N) is 1. The maximum absolute atomic E-state index is 12.8. The number of carbonyl (C=O) groups excluding carboxylic acids is 2. The molecule has 0 aromatic heterocycles. The van der Waals surface area contributed by atoms with E-state index >= 15 is 0 Å². The van der Waals surface area contributed by atoms with Crippen LogP contribution in [0, 0.1) is 12.8 Å². The largest absolute Gasteiger partial charge is 0.349 e. The van der Waals surface area contributed by atoms with Crippen LogP contribution in [0.1, 0.15) is 50.3 Å². The third kappa shape index (κ3) is 4.81. The Labute approximate surface area is 144 Å². The molecule has 0 spiro atoms. The molecule has 3 N–H and O–H groups in total. The highest BCUT2D eigenvalue weighted by molar-refractivity contribution is 5.79. The maximum Gasteiger partial charge on any atom is 0.225 e. The van der Waals surface area contributed by atoms with E-state index in [0.717, 1.165) is 30.5 Å². The van der Waals surface area contributed by atoms with Gasteiger partial charge in [0.15, 0.2) is 0 Å². The van der Waals surface area contributed by atoms with E-state index in [4.69, 9.17) is 5.73 Å². The summed E-state index contributed by atoms with van der Waals surface area (Å²) in [5.74, 6) is 0.540. The van der Waals surface area contributed by atoms with Crippen molar-refractivity contribution in [3.8, 4) is 0 Å². The number of piperidine rings is 1. The standard InChI is InChI=1S/C19H29N3O2/c1-13-4-6-16(7-5-13)18(21-15(3)23)11-19(24)22-9-8-14(2)10-17(22)12-20/h4-7,14,17-18H,8-12,20H2,1-3H3,(H,21,23). The van der Waals surface area contributed by atoms with E-state index in [0.29, 0.717) is 12.5 Å². The van der Waals surface area contributed by atoms with Crippen LogP contribution in [0.5, 0.6) is 0 Å². The highest BCUT2D eigenvalue weighted by Gasteiger charge is 2.30. The molecule has 1 fully saturated rings. The molecule has 24 heavy (non-hydrogen) atoms. The Morgan fingerprint density at radius 1 is 1.33 bits per heavy atom. The average molecular weight is 331 g/mol. The van der Waals surface area contributed by atoms with Gasteiger partial charge in [0.05, 0.1) is 12.5 Å². The summed E-state index contributed by atoms with van der Waals surface area (Å²) in [5, 5.41) is 2.91. The molecule has 2 rings (SSSR count). The summed E-state index contributed by atoms with van der Waals surface area (Å²) in [4.78, 5) is 26.3. The van der Waals surface area contributed by atoms with Gasteiger partial charge in [-0.05, 0) is 31.2 Å². The van der Waals surface area contributed by atoms with Crippen molar-refractivity contribution in [1.82, 2.24) is 10.2 Å². The second-order valence-electron chi connectivity index (χ2n) is 6.97. The lowest BCUT2D eigenvalue weighted by Gasteiger charge is -2.38. The van der Waals surface area contributed by atoms with Gasteiger partial charge in [-0.1, -0.05) is 36.8 Å². The lowest BCUT2D eigenvalue weighted by atomic mass is 9.91. The Balaban J connectivity index is 2.11. The molecule has 1 aromatic rings. The molecule has 132 valence electrons. The molecule has 0 aliphatic carbocycles. The van der Waals surface area contributed by atoms with Gasteiger partial charge in [0.25, 0.3) is 0 Å². The molecule has 1 aliphatic heterocycles. The summed E-state index contributed by atoms with van der Waals surface area (Å²) in [6.45, 7) is 6.95. The maximum atomic E-state index is 12.8. The van der Waals surface area contributed by atoms with Gasteiger partial charge in [0.1, 0.15) is 0 Å². The Morgan fingerprint density at radius 2 is 2.00 bits per heavy atom. The van der Waals surface area contributed by atoms with Crippen molar-refractivity contribution >= 4 is 11.8 Å². The topological polar surface area (TPSA) is 75.4 Å². The molecule has 1 aliphatic rings. The molecule has 5 heteroatoms. The van der Waals surface area contributed by atoms with Crippen LogP contribution in [0.2, 0.25) is 0 Å². The van der Waals surface area contributed by atoms with E-state index in [1.165, 1.54) is 6.92 Å². The second-order valence-corrected chi connectivity index (χ2v) is 6.97. The van der Waals surface area contributed by atoms with Crippen LogP contribution in [0.25, 0.3) is 0 Å². The van der Waals surface area contributed by atoms with E-state index in [9.17, 15) is 9.59 Å². The number of likely N-dealkylation sites (tertiary alicyclic amines) is 1. The Morgan fingerprint density at radius 3 is 2.58 bits per heavy atom. The fourth-order valence-corrected chi connectivity index (χ4v) is 3.39. The summed E-state index contributed by atoms with van der Waals surface area (Å²) in [6, 6.07) is 7.76. The Kier molecular flexibility index (Phi) is 6.37. The number of carbonyl (C=O) groups is 2. The van der Waals surface area contributed by atoms with E-state index in [1.54, 1.807) is 0 Å². The van der Waals surface area contributed by atoms with Crippen molar-refractivity contribution in [3.63, 3.8) is 0 Å². The lowest BCUT2D eigenvalue weighted by Crippen LogP contribution is -2.50. The number of rotatable bonds is 5. The summed E-state index contributed by atoms with van der Waals surface area (Å²) in [7, 11) is 0. The van der Waals surface area contributed by atoms with Crippen molar-refractivity contribution < 1.29 is 9.59 Å². The molecule has 5 nitrogen and oxygen atoms in total. The van der Waals surface area contributed by atoms with Crippen LogP contribution >= 0.6 is 0 Å². The zero-order valence-corrected chi connectivity index (χ0v) is 14.9. The lowest BCUT2D eigenvalue weighted by molar-refractivity contribution is -0.136. The fraction of sp³-hybridized carbons (Fsp3) is 0.579. The first-order chi connectivity index (χ1) is 11.4. The van der Waals surface area contributed by atoms with Crippen molar-refractivity contribution in [2.75, 3.05) is 13.1 Å². The van der Waals surface area contributed by atoms with Crippen LogP contribution in [-0.2, 0) is 9.59 Å². The van der Waals surface area contributed by atoms with Gasteiger partial charge < -0.3 is 16.0 Å². The molecule has 0 saturated carbocycles. The normalized spacial score (nSPS) is 22.1. The molecular formula is C19H29N3O2. The van der Waals surface area contributed by atoms with Crippen molar-refractivity contribution in [3.05, 3.63) is 35.4 Å².